The Morgan fingerprint density at radius 3 is 2.55 bits per heavy atom. The van der Waals surface area contributed by atoms with E-state index in [1.54, 1.807) is 0 Å². The van der Waals surface area contributed by atoms with Crippen molar-refractivity contribution in [3.63, 3.8) is 0 Å². The second kappa shape index (κ2) is 8.67. The molecule has 3 rings (SSSR count). The van der Waals surface area contributed by atoms with Crippen molar-refractivity contribution in [2.45, 2.75) is 32.4 Å². The predicted molar refractivity (Wildman–Crippen MR) is 97.9 cm³/mol. The molecule has 3 heterocycles. The monoisotopic (exact) mass is 340 g/mol. The zero-order valence-corrected chi connectivity index (χ0v) is 15.2. The summed E-state index contributed by atoms with van der Waals surface area (Å²) < 4.78 is 5.69. The van der Waals surface area contributed by atoms with Crippen LogP contribution in [0.3, 0.4) is 0 Å². The summed E-state index contributed by atoms with van der Waals surface area (Å²) in [5.74, 6) is 8.23. The lowest BCUT2D eigenvalue weighted by Gasteiger charge is -2.32. The lowest BCUT2D eigenvalue weighted by Crippen LogP contribution is -2.41. The Bertz CT molecular complexity index is 436. The number of nitrogens with zero attached hydrogens (tertiary/aromatic N) is 1. The highest BCUT2D eigenvalue weighted by Gasteiger charge is 2.21. The van der Waals surface area contributed by atoms with Gasteiger partial charge in [-0.15, -0.1) is 0 Å². The van der Waals surface area contributed by atoms with E-state index in [0.29, 0.717) is 0 Å². The number of thioether (sulfide) groups is 2. The summed E-state index contributed by atoms with van der Waals surface area (Å²) in [5.41, 5.74) is 0. The van der Waals surface area contributed by atoms with Crippen molar-refractivity contribution in [1.82, 2.24) is 10.2 Å². The highest BCUT2D eigenvalue weighted by atomic mass is 32.2. The van der Waals surface area contributed by atoms with Gasteiger partial charge in [0, 0.05) is 29.1 Å². The first-order valence-corrected chi connectivity index (χ1v) is 10.8. The average molecular weight is 341 g/mol. The molecule has 0 saturated carbocycles. The number of hydrogen-bond donors (Lipinski definition) is 1. The van der Waals surface area contributed by atoms with Crippen LogP contribution in [0.25, 0.3) is 0 Å². The molecule has 5 heteroatoms. The molecule has 0 atom stereocenters. The molecule has 22 heavy (non-hydrogen) atoms. The summed E-state index contributed by atoms with van der Waals surface area (Å²) in [5, 5.41) is 3.82. The topological polar surface area (TPSA) is 28.4 Å². The van der Waals surface area contributed by atoms with Crippen LogP contribution in [-0.2, 0) is 6.54 Å². The number of hydrogen-bond acceptors (Lipinski definition) is 5. The van der Waals surface area contributed by atoms with Crippen LogP contribution in [0.4, 0.5) is 0 Å². The first kappa shape index (κ1) is 16.7. The Kier molecular flexibility index (Phi) is 6.60. The Hall–Kier alpha value is -0.100. The van der Waals surface area contributed by atoms with E-state index in [1.807, 2.05) is 6.92 Å². The van der Waals surface area contributed by atoms with Gasteiger partial charge in [-0.1, -0.05) is 0 Å². The smallest absolute Gasteiger partial charge is 0.118 e. The first-order valence-electron chi connectivity index (χ1n) is 8.46. The van der Waals surface area contributed by atoms with Gasteiger partial charge in [0.1, 0.15) is 11.5 Å². The van der Waals surface area contributed by atoms with Crippen molar-refractivity contribution >= 4 is 23.5 Å². The molecule has 0 radical (unpaired) electrons. The Morgan fingerprint density at radius 2 is 1.91 bits per heavy atom. The fourth-order valence-corrected chi connectivity index (χ4v) is 5.67. The van der Waals surface area contributed by atoms with Gasteiger partial charge in [0.2, 0.25) is 0 Å². The second-order valence-electron chi connectivity index (χ2n) is 6.49. The molecule has 0 spiro atoms. The number of piperidine rings is 1. The molecule has 0 aromatic carbocycles. The van der Waals surface area contributed by atoms with Crippen molar-refractivity contribution in [1.29, 1.82) is 0 Å². The molecule has 2 aliphatic rings. The molecule has 1 aromatic rings. The molecule has 2 fully saturated rings. The van der Waals surface area contributed by atoms with Crippen molar-refractivity contribution < 1.29 is 4.42 Å². The molecule has 0 aliphatic carbocycles. The summed E-state index contributed by atoms with van der Waals surface area (Å²) in [6, 6.07) is 4.90. The van der Waals surface area contributed by atoms with E-state index in [4.69, 9.17) is 4.42 Å². The third-order valence-electron chi connectivity index (χ3n) is 4.59. The lowest BCUT2D eigenvalue weighted by molar-refractivity contribution is 0.163. The van der Waals surface area contributed by atoms with Gasteiger partial charge in [-0.3, -0.25) is 4.90 Å². The molecule has 2 saturated heterocycles. The summed E-state index contributed by atoms with van der Waals surface area (Å²) in [4.78, 5) is 2.53. The largest absolute Gasteiger partial charge is 0.465 e. The average Bonchev–Trinajstić information content (AvgIpc) is 2.77. The Labute approximate surface area is 143 Å². The fourth-order valence-electron chi connectivity index (χ4n) is 3.21. The van der Waals surface area contributed by atoms with E-state index in [-0.39, 0.29) is 0 Å². The number of likely N-dealkylation sites (tertiary alicyclic amines) is 1. The maximum atomic E-state index is 5.69. The maximum Gasteiger partial charge on any atom is 0.118 e. The van der Waals surface area contributed by atoms with E-state index in [1.165, 1.54) is 55.5 Å². The van der Waals surface area contributed by atoms with Crippen molar-refractivity contribution in [3.8, 4) is 0 Å². The van der Waals surface area contributed by atoms with Crippen molar-refractivity contribution in [3.05, 3.63) is 23.7 Å². The Morgan fingerprint density at radius 1 is 1.18 bits per heavy atom. The van der Waals surface area contributed by atoms with E-state index in [2.05, 4.69) is 45.9 Å². The van der Waals surface area contributed by atoms with Crippen LogP contribution < -0.4 is 5.32 Å². The minimum Gasteiger partial charge on any atom is -0.465 e. The van der Waals surface area contributed by atoms with Crippen LogP contribution >= 0.6 is 23.5 Å². The molecule has 2 aliphatic heterocycles. The van der Waals surface area contributed by atoms with Crippen LogP contribution in [0, 0.1) is 12.8 Å². The third kappa shape index (κ3) is 5.22. The van der Waals surface area contributed by atoms with E-state index >= 15 is 0 Å². The highest BCUT2D eigenvalue weighted by Crippen LogP contribution is 2.21. The van der Waals surface area contributed by atoms with Gasteiger partial charge < -0.3 is 9.73 Å². The molecule has 0 bridgehead atoms. The number of rotatable bonds is 5. The quantitative estimate of drug-likeness (QED) is 0.888. The number of nitrogens with one attached hydrogen (secondary N) is 1. The summed E-state index contributed by atoms with van der Waals surface area (Å²) in [7, 11) is 0. The molecule has 3 nitrogen and oxygen atoms in total. The van der Waals surface area contributed by atoms with Crippen molar-refractivity contribution in [2.75, 3.05) is 42.6 Å². The minimum absolute atomic E-state index is 0.724. The van der Waals surface area contributed by atoms with Gasteiger partial charge in [0.15, 0.2) is 0 Å². The molecule has 0 unspecified atom stereocenters. The molecule has 1 N–H and O–H groups in total. The molecular formula is C17H28N2OS2. The lowest BCUT2D eigenvalue weighted by atomic mass is 9.96. The number of aryl methyl sites for hydroxylation is 1. The van der Waals surface area contributed by atoms with Crippen molar-refractivity contribution in [2.24, 2.45) is 5.92 Å². The number of furan rings is 1. The summed E-state index contributed by atoms with van der Waals surface area (Å²) >= 11 is 4.22. The van der Waals surface area contributed by atoms with Gasteiger partial charge in [0.05, 0.1) is 6.54 Å². The maximum absolute atomic E-state index is 5.69. The normalized spacial score (nSPS) is 22.8. The molecular weight excluding hydrogens is 312 g/mol. The molecule has 124 valence electrons. The Balaban J connectivity index is 1.34. The van der Waals surface area contributed by atoms with E-state index in [0.717, 1.165) is 30.0 Å². The van der Waals surface area contributed by atoms with E-state index in [9.17, 15) is 0 Å². The van der Waals surface area contributed by atoms with Gasteiger partial charge in [-0.25, -0.2) is 0 Å². The SMILES string of the molecule is Cc1ccc(CN2CCC(CNC3CSCCSC3)CC2)o1. The first-order chi connectivity index (χ1) is 10.8. The van der Waals surface area contributed by atoms with Gasteiger partial charge in [-0.2, -0.15) is 23.5 Å². The van der Waals surface area contributed by atoms with Crippen LogP contribution in [-0.4, -0.2) is 53.6 Å². The van der Waals surface area contributed by atoms with Crippen LogP contribution in [0.1, 0.15) is 24.4 Å². The zero-order chi connectivity index (χ0) is 15.2. The van der Waals surface area contributed by atoms with Crippen LogP contribution in [0.2, 0.25) is 0 Å². The third-order valence-corrected chi connectivity index (χ3v) is 7.11. The van der Waals surface area contributed by atoms with Gasteiger partial charge in [-0.05, 0) is 57.5 Å². The van der Waals surface area contributed by atoms with Gasteiger partial charge in [0.25, 0.3) is 0 Å². The van der Waals surface area contributed by atoms with Crippen LogP contribution in [0.15, 0.2) is 16.5 Å². The molecule has 0 amide bonds. The summed E-state index contributed by atoms with van der Waals surface area (Å²) in [6.07, 6.45) is 2.64. The van der Waals surface area contributed by atoms with Crippen LogP contribution in [0.5, 0.6) is 0 Å². The fraction of sp³-hybridized carbons (Fsp3) is 0.765. The predicted octanol–water partition coefficient (Wildman–Crippen LogP) is 3.24. The minimum atomic E-state index is 0.724. The second-order valence-corrected chi connectivity index (χ2v) is 8.79. The van der Waals surface area contributed by atoms with Gasteiger partial charge >= 0.3 is 0 Å². The zero-order valence-electron chi connectivity index (χ0n) is 13.6. The molecule has 1 aromatic heterocycles. The van der Waals surface area contributed by atoms with E-state index < -0.39 is 0 Å². The standard InChI is InChI=1S/C17H28N2OS2/c1-14-2-3-17(20-14)11-19-6-4-15(5-7-19)10-18-16-12-21-8-9-22-13-16/h2-3,15-16,18H,4-13H2,1H3. The highest BCUT2D eigenvalue weighted by molar-refractivity contribution is 8.03. The summed E-state index contributed by atoms with van der Waals surface area (Å²) in [6.45, 7) is 6.62.